The van der Waals surface area contributed by atoms with E-state index in [0.717, 1.165) is 25.3 Å². The van der Waals surface area contributed by atoms with Gasteiger partial charge < -0.3 is 10.2 Å². The summed E-state index contributed by atoms with van der Waals surface area (Å²) in [5, 5.41) is 3.50. The van der Waals surface area contributed by atoms with Gasteiger partial charge in [-0.25, -0.2) is 0 Å². The molecule has 0 spiro atoms. The van der Waals surface area contributed by atoms with Crippen molar-refractivity contribution in [2.45, 2.75) is 13.0 Å². The van der Waals surface area contributed by atoms with E-state index in [2.05, 4.69) is 40.3 Å². The van der Waals surface area contributed by atoms with E-state index in [1.807, 2.05) is 19.2 Å². The van der Waals surface area contributed by atoms with E-state index in [0.29, 0.717) is 6.04 Å². The largest absolute Gasteiger partial charge is 0.383 e. The Labute approximate surface area is 104 Å². The highest BCUT2D eigenvalue weighted by atomic mass is 15.3. The van der Waals surface area contributed by atoms with Gasteiger partial charge in [0.25, 0.3) is 0 Å². The molecule has 1 aromatic heterocycles. The van der Waals surface area contributed by atoms with Crippen LogP contribution in [0.25, 0.3) is 0 Å². The second-order valence-electron chi connectivity index (χ2n) is 4.96. The highest BCUT2D eigenvalue weighted by Gasteiger charge is 2.21. The Kier molecular flexibility index (Phi) is 3.97. The topological polar surface area (TPSA) is 31.4 Å². The molecule has 2 heterocycles. The van der Waals surface area contributed by atoms with Crippen LogP contribution in [0.5, 0.6) is 0 Å². The fraction of sp³-hybridized carbons (Fsp3) is 0.615. The van der Waals surface area contributed by atoms with Crippen LogP contribution in [-0.4, -0.2) is 61.1 Å². The van der Waals surface area contributed by atoms with Crippen LogP contribution < -0.4 is 5.32 Å². The van der Waals surface area contributed by atoms with E-state index >= 15 is 0 Å². The summed E-state index contributed by atoms with van der Waals surface area (Å²) in [7, 11) is 4.40. The highest BCUT2D eigenvalue weighted by molar-refractivity contribution is 5.43. The van der Waals surface area contributed by atoms with Gasteiger partial charge in [-0.3, -0.25) is 9.88 Å². The van der Waals surface area contributed by atoms with Gasteiger partial charge in [-0.1, -0.05) is 0 Å². The summed E-state index contributed by atoms with van der Waals surface area (Å²) in [6, 6.07) is 4.70. The van der Waals surface area contributed by atoms with Gasteiger partial charge in [0.05, 0.1) is 0 Å². The second kappa shape index (κ2) is 5.47. The monoisotopic (exact) mass is 234 g/mol. The van der Waals surface area contributed by atoms with Crippen molar-refractivity contribution < 1.29 is 0 Å². The zero-order valence-electron chi connectivity index (χ0n) is 11.0. The molecule has 0 saturated carbocycles. The first-order chi connectivity index (χ1) is 8.15. The van der Waals surface area contributed by atoms with Crippen LogP contribution in [0.15, 0.2) is 18.3 Å². The lowest BCUT2D eigenvalue weighted by molar-refractivity contribution is 0.122. The summed E-state index contributed by atoms with van der Waals surface area (Å²) in [4.78, 5) is 9.03. The Bertz CT molecular complexity index is 366. The predicted octanol–water partition coefficient (Wildman–Crippen LogP) is 1.05. The van der Waals surface area contributed by atoms with Crippen molar-refractivity contribution in [2.24, 2.45) is 0 Å². The van der Waals surface area contributed by atoms with Gasteiger partial charge in [0.15, 0.2) is 0 Å². The zero-order valence-corrected chi connectivity index (χ0v) is 11.0. The van der Waals surface area contributed by atoms with Crippen LogP contribution in [0.3, 0.4) is 0 Å². The number of nitrogens with one attached hydrogen (secondary N) is 1. The standard InChI is InChI=1S/C13H22N4/c1-11-8-12(4-5-14-11)15-9-13-10-16(2)6-7-17(13)3/h4-5,8,13H,6-7,9-10H2,1-3H3,(H,14,15). The van der Waals surface area contributed by atoms with Gasteiger partial charge in [-0.15, -0.1) is 0 Å². The molecule has 1 unspecified atom stereocenters. The second-order valence-corrected chi connectivity index (χ2v) is 4.96. The van der Waals surface area contributed by atoms with Crippen LogP contribution in [-0.2, 0) is 0 Å². The van der Waals surface area contributed by atoms with Crippen molar-refractivity contribution in [1.82, 2.24) is 14.8 Å². The van der Waals surface area contributed by atoms with Crippen LogP contribution in [0.4, 0.5) is 5.69 Å². The number of anilines is 1. The van der Waals surface area contributed by atoms with Crippen molar-refractivity contribution in [1.29, 1.82) is 0 Å². The number of likely N-dealkylation sites (N-methyl/N-ethyl adjacent to an activating group) is 2. The Balaban J connectivity index is 1.88. The molecule has 1 fully saturated rings. The number of hydrogen-bond acceptors (Lipinski definition) is 4. The molecule has 0 radical (unpaired) electrons. The number of pyridine rings is 1. The Morgan fingerprint density at radius 1 is 1.41 bits per heavy atom. The van der Waals surface area contributed by atoms with E-state index in [1.54, 1.807) is 0 Å². The molecule has 0 bridgehead atoms. The molecule has 94 valence electrons. The van der Waals surface area contributed by atoms with Gasteiger partial charge in [-0.2, -0.15) is 0 Å². The first kappa shape index (κ1) is 12.3. The van der Waals surface area contributed by atoms with E-state index in [1.165, 1.54) is 12.2 Å². The van der Waals surface area contributed by atoms with Crippen molar-refractivity contribution in [2.75, 3.05) is 45.6 Å². The molecule has 1 aliphatic rings. The SMILES string of the molecule is Cc1cc(NCC2CN(C)CCN2C)ccn1. The van der Waals surface area contributed by atoms with E-state index < -0.39 is 0 Å². The summed E-state index contributed by atoms with van der Waals surface area (Å²) < 4.78 is 0. The van der Waals surface area contributed by atoms with E-state index in [4.69, 9.17) is 0 Å². The maximum absolute atomic E-state index is 4.20. The zero-order chi connectivity index (χ0) is 12.3. The number of rotatable bonds is 3. The molecule has 17 heavy (non-hydrogen) atoms. The van der Waals surface area contributed by atoms with Crippen LogP contribution in [0.2, 0.25) is 0 Å². The van der Waals surface area contributed by atoms with Gasteiger partial charge in [0.2, 0.25) is 0 Å². The van der Waals surface area contributed by atoms with Gasteiger partial charge in [0, 0.05) is 49.8 Å². The lowest BCUT2D eigenvalue weighted by Gasteiger charge is -2.37. The van der Waals surface area contributed by atoms with Crippen molar-refractivity contribution in [3.8, 4) is 0 Å². The minimum Gasteiger partial charge on any atom is -0.383 e. The molecule has 1 aromatic rings. The number of piperazine rings is 1. The molecule has 1 saturated heterocycles. The average molecular weight is 234 g/mol. The first-order valence-corrected chi connectivity index (χ1v) is 6.20. The molecule has 1 atom stereocenters. The number of hydrogen-bond donors (Lipinski definition) is 1. The maximum Gasteiger partial charge on any atom is 0.0393 e. The highest BCUT2D eigenvalue weighted by Crippen LogP contribution is 2.10. The van der Waals surface area contributed by atoms with Crippen LogP contribution in [0.1, 0.15) is 5.69 Å². The Hall–Kier alpha value is -1.13. The minimum atomic E-state index is 0.585. The smallest absolute Gasteiger partial charge is 0.0393 e. The van der Waals surface area contributed by atoms with Crippen LogP contribution >= 0.6 is 0 Å². The van der Waals surface area contributed by atoms with Gasteiger partial charge in [-0.05, 0) is 33.2 Å². The molecule has 4 nitrogen and oxygen atoms in total. The fourth-order valence-electron chi connectivity index (χ4n) is 2.21. The lowest BCUT2D eigenvalue weighted by atomic mass is 10.2. The quantitative estimate of drug-likeness (QED) is 0.847. The van der Waals surface area contributed by atoms with Gasteiger partial charge in [0.1, 0.15) is 0 Å². The maximum atomic E-state index is 4.20. The predicted molar refractivity (Wildman–Crippen MR) is 71.4 cm³/mol. The molecule has 0 aliphatic carbocycles. The Morgan fingerprint density at radius 3 is 3.00 bits per heavy atom. The van der Waals surface area contributed by atoms with E-state index in [9.17, 15) is 0 Å². The van der Waals surface area contributed by atoms with Crippen molar-refractivity contribution >= 4 is 5.69 Å². The molecule has 4 heteroatoms. The summed E-state index contributed by atoms with van der Waals surface area (Å²) in [6.07, 6.45) is 1.86. The summed E-state index contributed by atoms with van der Waals surface area (Å²) in [5.74, 6) is 0. The molecular weight excluding hydrogens is 212 g/mol. The molecular formula is C13H22N4. The van der Waals surface area contributed by atoms with Crippen molar-refractivity contribution in [3.05, 3.63) is 24.0 Å². The minimum absolute atomic E-state index is 0.585. The molecule has 0 aromatic carbocycles. The van der Waals surface area contributed by atoms with Crippen LogP contribution in [0, 0.1) is 6.92 Å². The molecule has 1 aliphatic heterocycles. The number of aryl methyl sites for hydroxylation is 1. The normalized spacial score (nSPS) is 22.6. The third-order valence-electron chi connectivity index (χ3n) is 3.42. The fourth-order valence-corrected chi connectivity index (χ4v) is 2.21. The Morgan fingerprint density at radius 2 is 2.24 bits per heavy atom. The first-order valence-electron chi connectivity index (χ1n) is 6.20. The summed E-state index contributed by atoms with van der Waals surface area (Å²) in [5.41, 5.74) is 2.23. The van der Waals surface area contributed by atoms with Gasteiger partial charge >= 0.3 is 0 Å². The summed E-state index contributed by atoms with van der Waals surface area (Å²) in [6.45, 7) is 6.46. The number of aromatic nitrogens is 1. The average Bonchev–Trinajstić information content (AvgIpc) is 2.30. The lowest BCUT2D eigenvalue weighted by Crippen LogP contribution is -2.52. The van der Waals surface area contributed by atoms with Crippen molar-refractivity contribution in [3.63, 3.8) is 0 Å². The molecule has 0 amide bonds. The molecule has 1 N–H and O–H groups in total. The van der Waals surface area contributed by atoms with E-state index in [-0.39, 0.29) is 0 Å². The molecule has 2 rings (SSSR count). The third kappa shape index (κ3) is 3.41. The third-order valence-corrected chi connectivity index (χ3v) is 3.42. The number of nitrogens with zero attached hydrogens (tertiary/aromatic N) is 3. The summed E-state index contributed by atoms with van der Waals surface area (Å²) >= 11 is 0.